The van der Waals surface area contributed by atoms with Gasteiger partial charge in [0.25, 0.3) is 0 Å². The maximum Gasteiger partial charge on any atom is 0.248 e. The fraction of sp³-hybridized carbons (Fsp3) is 0.0952. The quantitative estimate of drug-likeness (QED) is 0.705. The molecule has 120 valence electrons. The van der Waals surface area contributed by atoms with Crippen molar-refractivity contribution in [1.82, 2.24) is 0 Å². The van der Waals surface area contributed by atoms with E-state index in [1.54, 1.807) is 0 Å². The van der Waals surface area contributed by atoms with E-state index in [-0.39, 0.29) is 5.91 Å². The summed E-state index contributed by atoms with van der Waals surface area (Å²) in [5.41, 5.74) is 7.46. The smallest absolute Gasteiger partial charge is 0.248 e. The first-order chi connectivity index (χ1) is 11.7. The minimum atomic E-state index is -0.530. The topological polar surface area (TPSA) is 43.1 Å². The van der Waals surface area contributed by atoms with Crippen LogP contribution in [0, 0.1) is 0 Å². The van der Waals surface area contributed by atoms with Crippen LogP contribution >= 0.6 is 7.92 Å². The van der Waals surface area contributed by atoms with Crippen LogP contribution in [0.1, 0.15) is 28.5 Å². The molecule has 3 aromatic carbocycles. The monoisotopic (exact) mass is 333 g/mol. The molecule has 0 saturated carbocycles. The molecule has 1 unspecified atom stereocenters. The molecule has 3 aromatic rings. The number of hydrogen-bond donors (Lipinski definition) is 1. The van der Waals surface area contributed by atoms with Gasteiger partial charge in [0, 0.05) is 11.2 Å². The lowest BCUT2D eigenvalue weighted by molar-refractivity contribution is 0.100. The average molecular weight is 333 g/mol. The Kier molecular flexibility index (Phi) is 5.08. The molecule has 0 bridgehead atoms. The Balaban J connectivity index is 2.00. The Morgan fingerprint density at radius 2 is 1.25 bits per heavy atom. The van der Waals surface area contributed by atoms with Crippen molar-refractivity contribution in [2.45, 2.75) is 12.6 Å². The third-order valence-corrected chi connectivity index (χ3v) is 6.92. The first kappa shape index (κ1) is 16.4. The molecular formula is C21H20NOP. The molecule has 0 aliphatic rings. The van der Waals surface area contributed by atoms with E-state index >= 15 is 0 Å². The number of carbonyl (C=O) groups is 1. The summed E-state index contributed by atoms with van der Waals surface area (Å²) in [4.78, 5) is 11.3. The highest BCUT2D eigenvalue weighted by atomic mass is 31.1. The summed E-state index contributed by atoms with van der Waals surface area (Å²) in [6.45, 7) is 2.25. The fourth-order valence-electron chi connectivity index (χ4n) is 2.85. The van der Waals surface area contributed by atoms with Crippen LogP contribution in [0.4, 0.5) is 0 Å². The number of rotatable bonds is 5. The van der Waals surface area contributed by atoms with Gasteiger partial charge >= 0.3 is 0 Å². The summed E-state index contributed by atoms with van der Waals surface area (Å²) in [6, 6.07) is 29.0. The lowest BCUT2D eigenvalue weighted by Gasteiger charge is -2.26. The number of primary amides is 1. The zero-order valence-electron chi connectivity index (χ0n) is 13.6. The minimum Gasteiger partial charge on any atom is -0.366 e. The Bertz CT molecular complexity index is 761. The van der Waals surface area contributed by atoms with Crippen LogP contribution in [0.25, 0.3) is 0 Å². The second-order valence-electron chi connectivity index (χ2n) is 5.70. The third kappa shape index (κ3) is 3.55. The van der Waals surface area contributed by atoms with Gasteiger partial charge in [-0.2, -0.15) is 0 Å². The number of nitrogens with two attached hydrogens (primary N) is 1. The third-order valence-electron chi connectivity index (χ3n) is 4.13. The molecule has 24 heavy (non-hydrogen) atoms. The van der Waals surface area contributed by atoms with Gasteiger partial charge in [-0.3, -0.25) is 4.79 Å². The van der Waals surface area contributed by atoms with Crippen LogP contribution in [0.15, 0.2) is 84.9 Å². The highest BCUT2D eigenvalue weighted by molar-refractivity contribution is 7.73. The van der Waals surface area contributed by atoms with E-state index in [0.29, 0.717) is 11.2 Å². The molecule has 0 aromatic heterocycles. The van der Waals surface area contributed by atoms with Gasteiger partial charge in [-0.05, 0) is 36.2 Å². The lowest BCUT2D eigenvalue weighted by Crippen LogP contribution is -2.16. The Labute approximate surface area is 144 Å². The molecule has 0 spiro atoms. The van der Waals surface area contributed by atoms with Gasteiger partial charge < -0.3 is 5.73 Å². The van der Waals surface area contributed by atoms with Crippen LogP contribution in [0.3, 0.4) is 0 Å². The largest absolute Gasteiger partial charge is 0.366 e. The fourth-order valence-corrected chi connectivity index (χ4v) is 5.50. The molecule has 3 heteroatoms. The summed E-state index contributed by atoms with van der Waals surface area (Å²) in [6.07, 6.45) is 0. The van der Waals surface area contributed by atoms with Crippen LogP contribution < -0.4 is 16.3 Å². The van der Waals surface area contributed by atoms with E-state index in [4.69, 9.17) is 5.73 Å². The molecule has 1 atom stereocenters. The SMILES string of the molecule is CC(c1ccc(C(N)=O)cc1)P(c1ccccc1)c1ccccc1. The van der Waals surface area contributed by atoms with E-state index in [1.165, 1.54) is 16.2 Å². The molecule has 0 heterocycles. The van der Waals surface area contributed by atoms with E-state index in [1.807, 2.05) is 36.4 Å². The molecule has 0 fully saturated rings. The van der Waals surface area contributed by atoms with Crippen LogP contribution in [0.2, 0.25) is 0 Å². The maximum absolute atomic E-state index is 11.3. The lowest BCUT2D eigenvalue weighted by atomic mass is 10.1. The van der Waals surface area contributed by atoms with Crippen LogP contribution in [0.5, 0.6) is 0 Å². The van der Waals surface area contributed by atoms with Gasteiger partial charge in [-0.25, -0.2) is 0 Å². The first-order valence-corrected chi connectivity index (χ1v) is 9.37. The number of benzene rings is 3. The van der Waals surface area contributed by atoms with Crippen molar-refractivity contribution in [3.05, 3.63) is 96.1 Å². The van der Waals surface area contributed by atoms with Crippen molar-refractivity contribution in [2.24, 2.45) is 5.73 Å². The zero-order valence-corrected chi connectivity index (χ0v) is 14.5. The summed E-state index contributed by atoms with van der Waals surface area (Å²) in [7, 11) is -0.530. The molecule has 2 N–H and O–H groups in total. The average Bonchev–Trinajstić information content (AvgIpc) is 2.64. The predicted octanol–water partition coefficient (Wildman–Crippen LogP) is 3.98. The van der Waals surface area contributed by atoms with E-state index < -0.39 is 7.92 Å². The normalized spacial score (nSPS) is 12.1. The van der Waals surface area contributed by atoms with Crippen molar-refractivity contribution < 1.29 is 4.79 Å². The van der Waals surface area contributed by atoms with Gasteiger partial charge in [-0.1, -0.05) is 79.7 Å². The Hall–Kier alpha value is -2.44. The molecular weight excluding hydrogens is 313 g/mol. The van der Waals surface area contributed by atoms with E-state index in [0.717, 1.165) is 0 Å². The first-order valence-electron chi connectivity index (χ1n) is 7.96. The molecule has 2 nitrogen and oxygen atoms in total. The van der Waals surface area contributed by atoms with E-state index in [2.05, 4.69) is 55.5 Å². The number of carbonyl (C=O) groups excluding carboxylic acids is 1. The Morgan fingerprint density at radius 1 is 0.792 bits per heavy atom. The summed E-state index contributed by atoms with van der Waals surface area (Å²) < 4.78 is 0. The highest BCUT2D eigenvalue weighted by Gasteiger charge is 2.22. The molecule has 0 aliphatic carbocycles. The second kappa shape index (κ2) is 7.42. The minimum absolute atomic E-state index is 0.340. The standard InChI is InChI=1S/C21H20NOP/c1-16(17-12-14-18(15-13-17)21(22)23)24(19-8-4-2-5-9-19)20-10-6-3-7-11-20/h2-16H,1H3,(H2,22,23). The van der Waals surface area contributed by atoms with Crippen molar-refractivity contribution >= 4 is 24.4 Å². The van der Waals surface area contributed by atoms with Gasteiger partial charge in [0.05, 0.1) is 0 Å². The molecule has 0 radical (unpaired) electrons. The molecule has 3 rings (SSSR count). The van der Waals surface area contributed by atoms with Crippen molar-refractivity contribution in [3.63, 3.8) is 0 Å². The van der Waals surface area contributed by atoms with E-state index in [9.17, 15) is 4.79 Å². The zero-order chi connectivity index (χ0) is 16.9. The predicted molar refractivity (Wildman–Crippen MR) is 102 cm³/mol. The van der Waals surface area contributed by atoms with Crippen molar-refractivity contribution in [2.75, 3.05) is 0 Å². The highest BCUT2D eigenvalue weighted by Crippen LogP contribution is 2.48. The Morgan fingerprint density at radius 3 is 1.67 bits per heavy atom. The number of hydrogen-bond acceptors (Lipinski definition) is 1. The number of amides is 1. The van der Waals surface area contributed by atoms with Gasteiger partial charge in [0.15, 0.2) is 0 Å². The molecule has 1 amide bonds. The van der Waals surface area contributed by atoms with Crippen LogP contribution in [-0.4, -0.2) is 5.91 Å². The molecule has 0 aliphatic heterocycles. The van der Waals surface area contributed by atoms with Gasteiger partial charge in [0.2, 0.25) is 5.91 Å². The summed E-state index contributed by atoms with van der Waals surface area (Å²) in [5.74, 6) is -0.386. The second-order valence-corrected chi connectivity index (χ2v) is 8.25. The summed E-state index contributed by atoms with van der Waals surface area (Å²) >= 11 is 0. The van der Waals surface area contributed by atoms with Crippen LogP contribution in [-0.2, 0) is 0 Å². The molecule has 0 saturated heterocycles. The van der Waals surface area contributed by atoms with Gasteiger partial charge in [-0.15, -0.1) is 0 Å². The maximum atomic E-state index is 11.3. The van der Waals surface area contributed by atoms with Crippen molar-refractivity contribution in [3.8, 4) is 0 Å². The van der Waals surface area contributed by atoms with Crippen molar-refractivity contribution in [1.29, 1.82) is 0 Å². The summed E-state index contributed by atoms with van der Waals surface area (Å²) in [5, 5.41) is 2.70. The van der Waals surface area contributed by atoms with Gasteiger partial charge in [0.1, 0.15) is 0 Å².